The quantitative estimate of drug-likeness (QED) is 0.928. The summed E-state index contributed by atoms with van der Waals surface area (Å²) in [4.78, 5) is 25.3. The van der Waals surface area contributed by atoms with Gasteiger partial charge in [0.15, 0.2) is 0 Å². The van der Waals surface area contributed by atoms with Crippen molar-refractivity contribution in [2.75, 3.05) is 19.7 Å². The molecule has 120 valence electrons. The topological polar surface area (TPSA) is 58.6 Å². The van der Waals surface area contributed by atoms with Gasteiger partial charge in [-0.15, -0.1) is 0 Å². The van der Waals surface area contributed by atoms with Crippen molar-refractivity contribution in [3.05, 3.63) is 35.6 Å². The molecule has 0 atom stereocenters. The molecular formula is C16H21FN2O3. The maximum atomic E-state index is 13.5. The van der Waals surface area contributed by atoms with Crippen LogP contribution in [0.4, 0.5) is 9.18 Å². The van der Waals surface area contributed by atoms with Crippen LogP contribution in [0.3, 0.4) is 0 Å². The molecule has 0 bridgehead atoms. The molecule has 6 heteroatoms. The number of halogens is 1. The van der Waals surface area contributed by atoms with Crippen LogP contribution in [0.15, 0.2) is 24.3 Å². The molecule has 0 unspecified atom stereocenters. The minimum Gasteiger partial charge on any atom is -0.450 e. The molecule has 1 fully saturated rings. The van der Waals surface area contributed by atoms with E-state index in [4.69, 9.17) is 4.74 Å². The number of likely N-dealkylation sites (tertiary alicyclic amines) is 1. The predicted molar refractivity (Wildman–Crippen MR) is 79.6 cm³/mol. The van der Waals surface area contributed by atoms with Crippen LogP contribution in [0.1, 0.15) is 25.3 Å². The van der Waals surface area contributed by atoms with E-state index >= 15 is 0 Å². The molecule has 2 rings (SSSR count). The lowest BCUT2D eigenvalue weighted by Gasteiger charge is -2.30. The van der Waals surface area contributed by atoms with Gasteiger partial charge >= 0.3 is 6.09 Å². The number of carbonyl (C=O) groups excluding carboxylic acids is 2. The molecule has 1 aromatic carbocycles. The summed E-state index contributed by atoms with van der Waals surface area (Å²) in [5.41, 5.74) is 0.472. The Morgan fingerprint density at radius 2 is 2.00 bits per heavy atom. The summed E-state index contributed by atoms with van der Waals surface area (Å²) in [6, 6.07) is 6.38. The van der Waals surface area contributed by atoms with Gasteiger partial charge in [0, 0.05) is 31.1 Å². The van der Waals surface area contributed by atoms with Crippen LogP contribution in [-0.2, 0) is 16.1 Å². The van der Waals surface area contributed by atoms with E-state index in [-0.39, 0.29) is 30.3 Å². The highest BCUT2D eigenvalue weighted by molar-refractivity contribution is 5.79. The van der Waals surface area contributed by atoms with E-state index in [0.717, 1.165) is 0 Å². The van der Waals surface area contributed by atoms with Crippen molar-refractivity contribution in [3.63, 3.8) is 0 Å². The van der Waals surface area contributed by atoms with Crippen molar-refractivity contribution in [1.82, 2.24) is 10.2 Å². The molecule has 0 radical (unpaired) electrons. The highest BCUT2D eigenvalue weighted by atomic mass is 19.1. The molecule has 1 aromatic rings. The van der Waals surface area contributed by atoms with Crippen LogP contribution < -0.4 is 5.32 Å². The summed E-state index contributed by atoms with van der Waals surface area (Å²) in [7, 11) is 0. The summed E-state index contributed by atoms with van der Waals surface area (Å²) in [5.74, 6) is -0.552. The Hall–Kier alpha value is -2.11. The summed E-state index contributed by atoms with van der Waals surface area (Å²) >= 11 is 0. The van der Waals surface area contributed by atoms with E-state index in [2.05, 4.69) is 5.32 Å². The van der Waals surface area contributed by atoms with E-state index in [0.29, 0.717) is 38.1 Å². The average molecular weight is 308 g/mol. The van der Waals surface area contributed by atoms with Crippen molar-refractivity contribution < 1.29 is 18.7 Å². The molecule has 0 saturated carbocycles. The molecule has 1 heterocycles. The van der Waals surface area contributed by atoms with Gasteiger partial charge in [0.2, 0.25) is 5.91 Å². The van der Waals surface area contributed by atoms with Crippen LogP contribution in [0.25, 0.3) is 0 Å². The number of ether oxygens (including phenoxy) is 1. The van der Waals surface area contributed by atoms with Crippen molar-refractivity contribution in [1.29, 1.82) is 0 Å². The second kappa shape index (κ2) is 7.77. The van der Waals surface area contributed by atoms with Gasteiger partial charge in [0.25, 0.3) is 0 Å². The lowest BCUT2D eigenvalue weighted by Crippen LogP contribution is -2.43. The molecule has 22 heavy (non-hydrogen) atoms. The standard InChI is InChI=1S/C16H21FN2O3/c1-2-22-16(21)19-9-7-12(8-10-19)15(20)18-11-13-5-3-4-6-14(13)17/h3-6,12H,2,7-11H2,1H3,(H,18,20). The summed E-state index contributed by atoms with van der Waals surface area (Å²) in [5, 5.41) is 2.77. The fraction of sp³-hybridized carbons (Fsp3) is 0.500. The normalized spacial score (nSPS) is 15.5. The van der Waals surface area contributed by atoms with Gasteiger partial charge in [0.1, 0.15) is 5.82 Å². The van der Waals surface area contributed by atoms with Crippen molar-refractivity contribution in [2.24, 2.45) is 5.92 Å². The largest absolute Gasteiger partial charge is 0.450 e. The van der Waals surface area contributed by atoms with E-state index in [9.17, 15) is 14.0 Å². The Kier molecular flexibility index (Phi) is 5.75. The fourth-order valence-corrected chi connectivity index (χ4v) is 2.51. The third kappa shape index (κ3) is 4.19. The summed E-state index contributed by atoms with van der Waals surface area (Å²) in [6.45, 7) is 3.32. The van der Waals surface area contributed by atoms with Crippen LogP contribution in [0, 0.1) is 11.7 Å². The third-order valence-electron chi connectivity index (χ3n) is 3.80. The summed E-state index contributed by atoms with van der Waals surface area (Å²) < 4.78 is 18.4. The van der Waals surface area contributed by atoms with Gasteiger partial charge in [-0.2, -0.15) is 0 Å². The Morgan fingerprint density at radius 3 is 2.64 bits per heavy atom. The smallest absolute Gasteiger partial charge is 0.409 e. The third-order valence-corrected chi connectivity index (χ3v) is 3.80. The molecule has 1 aliphatic rings. The van der Waals surface area contributed by atoms with Crippen molar-refractivity contribution in [2.45, 2.75) is 26.3 Å². The Bertz CT molecular complexity index is 528. The lowest BCUT2D eigenvalue weighted by atomic mass is 9.96. The monoisotopic (exact) mass is 308 g/mol. The minimum atomic E-state index is -0.326. The van der Waals surface area contributed by atoms with Crippen molar-refractivity contribution >= 4 is 12.0 Å². The molecule has 1 N–H and O–H groups in total. The minimum absolute atomic E-state index is 0.0910. The SMILES string of the molecule is CCOC(=O)N1CCC(C(=O)NCc2ccccc2F)CC1. The number of nitrogens with one attached hydrogen (secondary N) is 1. The van der Waals surface area contributed by atoms with E-state index in [1.165, 1.54) is 6.07 Å². The molecule has 2 amide bonds. The Labute approximate surface area is 129 Å². The highest BCUT2D eigenvalue weighted by Crippen LogP contribution is 2.18. The number of amides is 2. The van der Waals surface area contributed by atoms with Crippen LogP contribution in [0.5, 0.6) is 0 Å². The first-order chi connectivity index (χ1) is 10.6. The molecule has 0 aliphatic carbocycles. The number of hydrogen-bond donors (Lipinski definition) is 1. The molecule has 5 nitrogen and oxygen atoms in total. The zero-order chi connectivity index (χ0) is 15.9. The fourth-order valence-electron chi connectivity index (χ4n) is 2.51. The number of rotatable bonds is 4. The Morgan fingerprint density at radius 1 is 1.32 bits per heavy atom. The van der Waals surface area contributed by atoms with Gasteiger partial charge in [-0.25, -0.2) is 9.18 Å². The average Bonchev–Trinajstić information content (AvgIpc) is 2.54. The van der Waals surface area contributed by atoms with Crippen LogP contribution in [0.2, 0.25) is 0 Å². The number of carbonyl (C=O) groups is 2. The van der Waals surface area contributed by atoms with Gasteiger partial charge < -0.3 is 15.0 Å². The second-order valence-electron chi connectivity index (χ2n) is 5.27. The maximum Gasteiger partial charge on any atom is 0.409 e. The number of nitrogens with zero attached hydrogens (tertiary/aromatic N) is 1. The first-order valence-electron chi connectivity index (χ1n) is 7.54. The lowest BCUT2D eigenvalue weighted by molar-refractivity contribution is -0.126. The molecule has 0 aromatic heterocycles. The van der Waals surface area contributed by atoms with Gasteiger partial charge in [-0.3, -0.25) is 4.79 Å². The van der Waals surface area contributed by atoms with E-state index < -0.39 is 0 Å². The molecular weight excluding hydrogens is 287 g/mol. The zero-order valence-corrected chi connectivity index (χ0v) is 12.7. The molecule has 0 spiro atoms. The van der Waals surface area contributed by atoms with E-state index in [1.807, 2.05) is 0 Å². The van der Waals surface area contributed by atoms with E-state index in [1.54, 1.807) is 30.0 Å². The molecule has 1 aliphatic heterocycles. The summed E-state index contributed by atoms with van der Waals surface area (Å²) in [6.07, 6.45) is 0.872. The maximum absolute atomic E-state index is 13.5. The number of benzene rings is 1. The number of piperidine rings is 1. The predicted octanol–water partition coefficient (Wildman–Crippen LogP) is 2.31. The highest BCUT2D eigenvalue weighted by Gasteiger charge is 2.27. The Balaban J connectivity index is 1.78. The molecule has 1 saturated heterocycles. The number of hydrogen-bond acceptors (Lipinski definition) is 3. The van der Waals surface area contributed by atoms with Gasteiger partial charge in [0.05, 0.1) is 6.61 Å². The first-order valence-corrected chi connectivity index (χ1v) is 7.54. The van der Waals surface area contributed by atoms with Crippen LogP contribution in [-0.4, -0.2) is 36.6 Å². The van der Waals surface area contributed by atoms with Crippen molar-refractivity contribution in [3.8, 4) is 0 Å². The zero-order valence-electron chi connectivity index (χ0n) is 12.7. The first kappa shape index (κ1) is 16.3. The second-order valence-corrected chi connectivity index (χ2v) is 5.27. The van der Waals surface area contributed by atoms with Crippen LogP contribution >= 0.6 is 0 Å². The van der Waals surface area contributed by atoms with Gasteiger partial charge in [-0.05, 0) is 25.8 Å². The van der Waals surface area contributed by atoms with Gasteiger partial charge in [-0.1, -0.05) is 18.2 Å².